The zero-order valence-electron chi connectivity index (χ0n) is 21.4. The van der Waals surface area contributed by atoms with Crippen molar-refractivity contribution < 1.29 is 23.8 Å². The summed E-state index contributed by atoms with van der Waals surface area (Å²) in [4.78, 5) is 27.5. The molecular weight excluding hydrogens is 534 g/mol. The Hall–Kier alpha value is -3.06. The maximum absolute atomic E-state index is 13.9. The van der Waals surface area contributed by atoms with E-state index in [0.29, 0.717) is 35.5 Å². The fourth-order valence-corrected chi connectivity index (χ4v) is 6.44. The van der Waals surface area contributed by atoms with Crippen LogP contribution < -0.4 is 14.8 Å². The smallest absolute Gasteiger partial charge is 0.337 e. The number of ether oxygens (including phenoxy) is 3. The van der Waals surface area contributed by atoms with Gasteiger partial charge in [0.05, 0.1) is 19.8 Å². The molecular formula is C30H32BrNO5. The zero-order chi connectivity index (χ0) is 26.1. The number of esters is 1. The number of methoxy groups -OCH3 is 2. The average Bonchev–Trinajstić information content (AvgIpc) is 3.41. The van der Waals surface area contributed by atoms with E-state index < -0.39 is 5.92 Å². The van der Waals surface area contributed by atoms with Gasteiger partial charge in [-0.1, -0.05) is 46.3 Å². The van der Waals surface area contributed by atoms with Crippen molar-refractivity contribution in [3.8, 4) is 11.5 Å². The number of benzene rings is 2. The van der Waals surface area contributed by atoms with Crippen LogP contribution in [0.1, 0.15) is 68.4 Å². The van der Waals surface area contributed by atoms with Crippen molar-refractivity contribution in [3.63, 3.8) is 0 Å². The van der Waals surface area contributed by atoms with Gasteiger partial charge in [-0.05, 0) is 68.2 Å². The first-order valence-electron chi connectivity index (χ1n) is 12.8. The number of hydrogen-bond acceptors (Lipinski definition) is 6. The summed E-state index contributed by atoms with van der Waals surface area (Å²) in [6.45, 7) is 1.90. The number of carbonyl (C=O) groups is 2. The van der Waals surface area contributed by atoms with Crippen molar-refractivity contribution in [2.75, 3.05) is 14.2 Å². The van der Waals surface area contributed by atoms with Crippen molar-refractivity contribution >= 4 is 27.7 Å². The van der Waals surface area contributed by atoms with Crippen LogP contribution in [0.5, 0.6) is 11.5 Å². The van der Waals surface area contributed by atoms with Crippen molar-refractivity contribution in [2.24, 2.45) is 0 Å². The first-order chi connectivity index (χ1) is 17.9. The molecule has 6 nitrogen and oxygen atoms in total. The van der Waals surface area contributed by atoms with Crippen LogP contribution in [0.4, 0.5) is 0 Å². The Morgan fingerprint density at radius 1 is 1.00 bits per heavy atom. The molecule has 7 heteroatoms. The van der Waals surface area contributed by atoms with Gasteiger partial charge < -0.3 is 19.5 Å². The number of Topliss-reactive ketones (excluding diaryl/α,β-unsaturated/α-hetero) is 1. The number of rotatable bonds is 6. The van der Waals surface area contributed by atoms with E-state index in [2.05, 4.69) is 33.4 Å². The van der Waals surface area contributed by atoms with Gasteiger partial charge in [-0.3, -0.25) is 4.79 Å². The van der Waals surface area contributed by atoms with Gasteiger partial charge in [0.15, 0.2) is 17.3 Å². The summed E-state index contributed by atoms with van der Waals surface area (Å²) < 4.78 is 17.8. The van der Waals surface area contributed by atoms with Crippen molar-refractivity contribution in [2.45, 2.75) is 63.4 Å². The second-order valence-electron chi connectivity index (χ2n) is 9.97. The third-order valence-corrected chi connectivity index (χ3v) is 8.40. The molecule has 1 heterocycles. The van der Waals surface area contributed by atoms with Gasteiger partial charge in [-0.2, -0.15) is 0 Å². The van der Waals surface area contributed by atoms with E-state index in [4.69, 9.17) is 14.2 Å². The molecule has 2 aromatic rings. The summed E-state index contributed by atoms with van der Waals surface area (Å²) in [5, 5.41) is 3.44. The number of carbonyl (C=O) groups excluding carboxylic acids is 2. The molecule has 2 aliphatic carbocycles. The molecule has 2 aromatic carbocycles. The summed E-state index contributed by atoms with van der Waals surface area (Å²) >= 11 is 3.69. The van der Waals surface area contributed by atoms with E-state index in [-0.39, 0.29) is 23.8 Å². The highest BCUT2D eigenvalue weighted by atomic mass is 79.9. The largest absolute Gasteiger partial charge is 0.493 e. The van der Waals surface area contributed by atoms with Crippen LogP contribution in [0, 0.1) is 0 Å². The zero-order valence-corrected chi connectivity index (χ0v) is 23.0. The minimum atomic E-state index is -0.580. The van der Waals surface area contributed by atoms with Crippen LogP contribution >= 0.6 is 15.9 Å². The molecule has 0 unspecified atom stereocenters. The van der Waals surface area contributed by atoms with E-state index in [1.807, 2.05) is 37.3 Å². The van der Waals surface area contributed by atoms with Crippen molar-refractivity contribution in [1.82, 2.24) is 5.32 Å². The first kappa shape index (κ1) is 25.6. The Morgan fingerprint density at radius 3 is 2.35 bits per heavy atom. The van der Waals surface area contributed by atoms with E-state index in [1.165, 1.54) is 0 Å². The van der Waals surface area contributed by atoms with E-state index in [1.54, 1.807) is 14.2 Å². The summed E-state index contributed by atoms with van der Waals surface area (Å²) in [7, 11) is 3.16. The number of nitrogens with one attached hydrogen (secondary N) is 1. The van der Waals surface area contributed by atoms with Crippen LogP contribution in [-0.4, -0.2) is 32.1 Å². The molecule has 0 bridgehead atoms. The number of hydrogen-bond donors (Lipinski definition) is 1. The monoisotopic (exact) mass is 565 g/mol. The van der Waals surface area contributed by atoms with Crippen LogP contribution in [0.25, 0.3) is 0 Å². The Kier molecular flexibility index (Phi) is 7.43. The number of dihydropyridines is 1. The van der Waals surface area contributed by atoms with Crippen molar-refractivity contribution in [1.29, 1.82) is 0 Å². The van der Waals surface area contributed by atoms with E-state index >= 15 is 0 Å². The Balaban J connectivity index is 1.61. The summed E-state index contributed by atoms with van der Waals surface area (Å²) in [5.41, 5.74) is 4.60. The van der Waals surface area contributed by atoms with Gasteiger partial charge in [-0.15, -0.1) is 0 Å². The molecule has 0 saturated heterocycles. The van der Waals surface area contributed by atoms with E-state index in [0.717, 1.165) is 52.7 Å². The third-order valence-electron chi connectivity index (χ3n) is 7.71. The fourth-order valence-electron chi connectivity index (χ4n) is 5.89. The first-order valence-corrected chi connectivity index (χ1v) is 13.6. The molecule has 0 spiro atoms. The van der Waals surface area contributed by atoms with Gasteiger partial charge in [-0.25, -0.2) is 4.79 Å². The average molecular weight is 566 g/mol. The van der Waals surface area contributed by atoms with Crippen LogP contribution in [0.15, 0.2) is 69.5 Å². The molecule has 0 amide bonds. The second-order valence-corrected chi connectivity index (χ2v) is 10.8. The van der Waals surface area contributed by atoms with Gasteiger partial charge in [0.1, 0.15) is 6.10 Å². The molecule has 1 saturated carbocycles. The summed E-state index contributed by atoms with van der Waals surface area (Å²) in [5.74, 6) is 0.267. The molecule has 194 valence electrons. The standard InChI is InChI=1S/C30H32BrNO5/c1-17-27(30(34)37-20-11-7-8-12-20)28(21-15-25(35-2)26(36-3)16-22(21)31)29-23(32-17)13-19(14-24(29)33)18-9-5-4-6-10-18/h4-6,9-10,15-16,19-20,28,32H,7-8,11-14H2,1-3H3/t19-,28-/m0/s1. The normalized spacial score (nSPS) is 22.0. The van der Waals surface area contributed by atoms with Gasteiger partial charge in [0.25, 0.3) is 0 Å². The number of allylic oxidation sites excluding steroid dienone is 3. The third kappa shape index (κ3) is 4.93. The van der Waals surface area contributed by atoms with Gasteiger partial charge in [0, 0.05) is 33.8 Å². The molecule has 0 aromatic heterocycles. The Morgan fingerprint density at radius 2 is 1.68 bits per heavy atom. The lowest BCUT2D eigenvalue weighted by atomic mass is 9.71. The molecule has 1 N–H and O–H groups in total. The van der Waals surface area contributed by atoms with E-state index in [9.17, 15) is 9.59 Å². The highest BCUT2D eigenvalue weighted by Crippen LogP contribution is 2.49. The lowest BCUT2D eigenvalue weighted by molar-refractivity contribution is -0.144. The summed E-state index contributed by atoms with van der Waals surface area (Å²) in [6, 6.07) is 13.8. The minimum Gasteiger partial charge on any atom is -0.493 e. The van der Waals surface area contributed by atoms with Crippen LogP contribution in [0.2, 0.25) is 0 Å². The summed E-state index contributed by atoms with van der Waals surface area (Å²) in [6.07, 6.45) is 4.87. The number of ketones is 1. The quantitative estimate of drug-likeness (QED) is 0.413. The minimum absolute atomic E-state index is 0.0351. The molecule has 2 atom stereocenters. The molecule has 3 aliphatic rings. The highest BCUT2D eigenvalue weighted by molar-refractivity contribution is 9.10. The van der Waals surface area contributed by atoms with Crippen LogP contribution in [0.3, 0.4) is 0 Å². The van der Waals surface area contributed by atoms with Crippen molar-refractivity contribution in [3.05, 3.63) is 80.6 Å². The maximum atomic E-state index is 13.9. The predicted molar refractivity (Wildman–Crippen MR) is 145 cm³/mol. The Bertz CT molecular complexity index is 1280. The van der Waals surface area contributed by atoms with Gasteiger partial charge >= 0.3 is 5.97 Å². The second kappa shape index (κ2) is 10.7. The SMILES string of the molecule is COc1cc(Br)c([C@H]2C(C(=O)OC3CCCC3)=C(C)NC3=C2C(=O)C[C@@H](c2ccccc2)C3)cc1OC. The van der Waals surface area contributed by atoms with Crippen LogP contribution in [-0.2, 0) is 14.3 Å². The maximum Gasteiger partial charge on any atom is 0.337 e. The lowest BCUT2D eigenvalue weighted by Crippen LogP contribution is -2.36. The lowest BCUT2D eigenvalue weighted by Gasteiger charge is -2.37. The Labute approximate surface area is 226 Å². The molecule has 1 fully saturated rings. The molecule has 1 aliphatic heterocycles. The topological polar surface area (TPSA) is 73.9 Å². The molecule has 5 rings (SSSR count). The molecule has 37 heavy (non-hydrogen) atoms. The number of halogens is 1. The highest BCUT2D eigenvalue weighted by Gasteiger charge is 2.43. The molecule has 0 radical (unpaired) electrons. The van der Waals surface area contributed by atoms with Gasteiger partial charge in [0.2, 0.25) is 0 Å². The predicted octanol–water partition coefficient (Wildman–Crippen LogP) is 6.31. The fraction of sp³-hybridized carbons (Fsp3) is 0.400.